The summed E-state index contributed by atoms with van der Waals surface area (Å²) in [6.07, 6.45) is 5.15. The van der Waals surface area contributed by atoms with E-state index in [1.165, 1.54) is 5.56 Å². The molecule has 17 heavy (non-hydrogen) atoms. The molecular weight excluding hydrogens is 210 g/mol. The SMILES string of the molecule is CC1=CC(=N)C(=N)C=C1.Cc1cccc(N)c1. The Balaban J connectivity index is 0.000000171. The minimum Gasteiger partial charge on any atom is -0.399 e. The van der Waals surface area contributed by atoms with Crippen molar-refractivity contribution in [3.63, 3.8) is 0 Å². The first-order valence-corrected chi connectivity index (χ1v) is 5.35. The predicted molar refractivity (Wildman–Crippen MR) is 73.9 cm³/mol. The first-order valence-electron chi connectivity index (χ1n) is 5.35. The maximum Gasteiger partial charge on any atom is 0.0791 e. The monoisotopic (exact) mass is 227 g/mol. The van der Waals surface area contributed by atoms with E-state index in [1.54, 1.807) is 12.2 Å². The van der Waals surface area contributed by atoms with Gasteiger partial charge in [-0.3, -0.25) is 10.8 Å². The van der Waals surface area contributed by atoms with Gasteiger partial charge < -0.3 is 5.73 Å². The van der Waals surface area contributed by atoms with E-state index in [1.807, 2.05) is 44.2 Å². The lowest BCUT2D eigenvalue weighted by atomic mass is 10.1. The topological polar surface area (TPSA) is 73.7 Å². The molecule has 0 saturated heterocycles. The molecule has 1 aliphatic carbocycles. The van der Waals surface area contributed by atoms with Gasteiger partial charge in [-0.25, -0.2) is 0 Å². The summed E-state index contributed by atoms with van der Waals surface area (Å²) < 4.78 is 0. The number of allylic oxidation sites excluding steroid dienone is 4. The van der Waals surface area contributed by atoms with Gasteiger partial charge in [0.1, 0.15) is 0 Å². The number of rotatable bonds is 0. The van der Waals surface area contributed by atoms with Crippen molar-refractivity contribution in [1.82, 2.24) is 0 Å². The number of aryl methyl sites for hydroxylation is 1. The Bertz CT molecular complexity index is 479. The summed E-state index contributed by atoms with van der Waals surface area (Å²) >= 11 is 0. The van der Waals surface area contributed by atoms with E-state index < -0.39 is 0 Å². The van der Waals surface area contributed by atoms with Crippen molar-refractivity contribution in [1.29, 1.82) is 10.8 Å². The normalized spacial score (nSPS) is 13.9. The van der Waals surface area contributed by atoms with Crippen LogP contribution in [-0.2, 0) is 0 Å². The maximum absolute atomic E-state index is 7.17. The number of nitrogens with two attached hydrogens (primary N) is 1. The van der Waals surface area contributed by atoms with Gasteiger partial charge in [-0.1, -0.05) is 18.2 Å². The predicted octanol–water partition coefficient (Wildman–Crippen LogP) is 3.12. The van der Waals surface area contributed by atoms with Crippen molar-refractivity contribution < 1.29 is 0 Å². The largest absolute Gasteiger partial charge is 0.399 e. The van der Waals surface area contributed by atoms with Crippen LogP contribution >= 0.6 is 0 Å². The average Bonchev–Trinajstić information content (AvgIpc) is 2.24. The third-order valence-electron chi connectivity index (χ3n) is 2.22. The van der Waals surface area contributed by atoms with E-state index in [0.717, 1.165) is 11.3 Å². The minimum atomic E-state index is 0.292. The molecule has 0 unspecified atom stereocenters. The van der Waals surface area contributed by atoms with Gasteiger partial charge in [0.05, 0.1) is 11.4 Å². The van der Waals surface area contributed by atoms with Crippen LogP contribution in [0.1, 0.15) is 12.5 Å². The summed E-state index contributed by atoms with van der Waals surface area (Å²) in [5.74, 6) is 0. The molecule has 2 rings (SSSR count). The summed E-state index contributed by atoms with van der Waals surface area (Å²) in [4.78, 5) is 0. The summed E-state index contributed by atoms with van der Waals surface area (Å²) in [7, 11) is 0. The van der Waals surface area contributed by atoms with Crippen LogP contribution in [-0.4, -0.2) is 11.4 Å². The van der Waals surface area contributed by atoms with Crippen LogP contribution in [0, 0.1) is 17.7 Å². The van der Waals surface area contributed by atoms with E-state index in [4.69, 9.17) is 16.6 Å². The first-order chi connectivity index (χ1) is 7.99. The number of hydrogen-bond acceptors (Lipinski definition) is 3. The highest BCUT2D eigenvalue weighted by Gasteiger charge is 2.01. The van der Waals surface area contributed by atoms with E-state index in [0.29, 0.717) is 11.4 Å². The molecule has 4 N–H and O–H groups in total. The van der Waals surface area contributed by atoms with E-state index in [-0.39, 0.29) is 0 Å². The fourth-order valence-electron chi connectivity index (χ4n) is 1.33. The number of nitrogens with one attached hydrogen (secondary N) is 2. The zero-order valence-electron chi connectivity index (χ0n) is 10.1. The highest BCUT2D eigenvalue weighted by molar-refractivity contribution is 6.49. The van der Waals surface area contributed by atoms with Crippen molar-refractivity contribution in [2.24, 2.45) is 0 Å². The Labute approximate surface area is 102 Å². The van der Waals surface area contributed by atoms with Crippen LogP contribution in [0.25, 0.3) is 0 Å². The van der Waals surface area contributed by atoms with Gasteiger partial charge in [0.2, 0.25) is 0 Å². The van der Waals surface area contributed by atoms with Gasteiger partial charge >= 0.3 is 0 Å². The molecule has 0 fully saturated rings. The number of anilines is 1. The van der Waals surface area contributed by atoms with Gasteiger partial charge in [0.25, 0.3) is 0 Å². The third-order valence-corrected chi connectivity index (χ3v) is 2.22. The Morgan fingerprint density at radius 3 is 2.12 bits per heavy atom. The number of nitrogen functional groups attached to an aromatic ring is 1. The molecule has 0 bridgehead atoms. The lowest BCUT2D eigenvalue weighted by molar-refractivity contribution is 1.45. The zero-order valence-corrected chi connectivity index (χ0v) is 10.1. The highest BCUT2D eigenvalue weighted by Crippen LogP contribution is 2.03. The second kappa shape index (κ2) is 5.80. The summed E-state index contributed by atoms with van der Waals surface area (Å²) in [5.41, 5.74) is 9.14. The summed E-state index contributed by atoms with van der Waals surface area (Å²) in [6.45, 7) is 3.94. The second-order valence-corrected chi connectivity index (χ2v) is 3.96. The van der Waals surface area contributed by atoms with Crippen LogP contribution < -0.4 is 5.73 Å². The fourth-order valence-corrected chi connectivity index (χ4v) is 1.33. The van der Waals surface area contributed by atoms with Crippen molar-refractivity contribution in [3.05, 3.63) is 53.6 Å². The van der Waals surface area contributed by atoms with E-state index >= 15 is 0 Å². The van der Waals surface area contributed by atoms with Crippen LogP contribution in [0.3, 0.4) is 0 Å². The molecule has 0 amide bonds. The van der Waals surface area contributed by atoms with Crippen molar-refractivity contribution in [2.75, 3.05) is 5.73 Å². The summed E-state index contributed by atoms with van der Waals surface area (Å²) in [5, 5.41) is 14.3. The molecule has 88 valence electrons. The Kier molecular flexibility index (Phi) is 4.40. The quantitative estimate of drug-likeness (QED) is 0.462. The zero-order chi connectivity index (χ0) is 12.8. The smallest absolute Gasteiger partial charge is 0.0791 e. The van der Waals surface area contributed by atoms with Gasteiger partial charge in [-0.05, 0) is 49.3 Å². The Hall–Kier alpha value is -2.16. The minimum absolute atomic E-state index is 0.292. The standard InChI is InChI=1S/C7H8N2.C7H9N/c1-5-2-3-6(8)7(9)4-5;1-6-3-2-4-7(8)5-6/h2-4,8-9H,1H3;2-5H,8H2,1H3. The molecule has 0 saturated carbocycles. The van der Waals surface area contributed by atoms with Crippen LogP contribution in [0.15, 0.2) is 48.1 Å². The van der Waals surface area contributed by atoms with Crippen LogP contribution in [0.5, 0.6) is 0 Å². The average molecular weight is 227 g/mol. The molecule has 1 aromatic carbocycles. The lowest BCUT2D eigenvalue weighted by Crippen LogP contribution is -2.08. The molecule has 0 heterocycles. The Morgan fingerprint density at radius 1 is 1.00 bits per heavy atom. The molecule has 1 aromatic rings. The molecule has 3 nitrogen and oxygen atoms in total. The highest BCUT2D eigenvalue weighted by atomic mass is 14.5. The summed E-state index contributed by atoms with van der Waals surface area (Å²) in [6, 6.07) is 7.80. The second-order valence-electron chi connectivity index (χ2n) is 3.96. The molecule has 0 atom stereocenters. The molecule has 1 aliphatic rings. The molecule has 0 aromatic heterocycles. The third kappa shape index (κ3) is 4.47. The number of hydrogen-bond donors (Lipinski definition) is 3. The van der Waals surface area contributed by atoms with Gasteiger partial charge in [0.15, 0.2) is 0 Å². The van der Waals surface area contributed by atoms with E-state index in [2.05, 4.69) is 0 Å². The van der Waals surface area contributed by atoms with Crippen molar-refractivity contribution in [3.8, 4) is 0 Å². The van der Waals surface area contributed by atoms with Crippen molar-refractivity contribution in [2.45, 2.75) is 13.8 Å². The molecule has 0 radical (unpaired) electrons. The van der Waals surface area contributed by atoms with Crippen LogP contribution in [0.2, 0.25) is 0 Å². The van der Waals surface area contributed by atoms with Gasteiger partial charge in [0, 0.05) is 5.69 Å². The van der Waals surface area contributed by atoms with Gasteiger partial charge in [-0.15, -0.1) is 0 Å². The number of benzene rings is 1. The lowest BCUT2D eigenvalue weighted by Gasteiger charge is -2.01. The Morgan fingerprint density at radius 2 is 1.71 bits per heavy atom. The van der Waals surface area contributed by atoms with Crippen molar-refractivity contribution >= 4 is 17.1 Å². The molecular formula is C14H17N3. The fraction of sp³-hybridized carbons (Fsp3) is 0.143. The first kappa shape index (κ1) is 12.9. The van der Waals surface area contributed by atoms with Crippen LogP contribution in [0.4, 0.5) is 5.69 Å². The molecule has 0 spiro atoms. The van der Waals surface area contributed by atoms with Gasteiger partial charge in [-0.2, -0.15) is 0 Å². The van der Waals surface area contributed by atoms with E-state index in [9.17, 15) is 0 Å². The maximum atomic E-state index is 7.17. The molecule has 3 heteroatoms. The molecule has 0 aliphatic heterocycles.